The highest BCUT2D eigenvalue weighted by atomic mass is 16.2. The molecule has 1 aromatic heterocycles. The third-order valence-electron chi connectivity index (χ3n) is 2.51. The number of amides is 1. The number of nitrogens with zero attached hydrogens (tertiary/aromatic N) is 3. The van der Waals surface area contributed by atoms with Crippen molar-refractivity contribution in [2.24, 2.45) is 4.99 Å². The molecule has 1 amide bonds. The van der Waals surface area contributed by atoms with E-state index in [4.69, 9.17) is 0 Å². The van der Waals surface area contributed by atoms with E-state index in [0.29, 0.717) is 5.96 Å². The lowest BCUT2D eigenvalue weighted by Crippen LogP contribution is -2.25. The van der Waals surface area contributed by atoms with Crippen molar-refractivity contribution in [3.63, 3.8) is 0 Å². The predicted octanol–water partition coefficient (Wildman–Crippen LogP) is 0.0394. The fourth-order valence-corrected chi connectivity index (χ4v) is 1.76. The van der Waals surface area contributed by atoms with Gasteiger partial charge in [0.25, 0.3) is 5.91 Å². The molecule has 1 atom stereocenters. The summed E-state index contributed by atoms with van der Waals surface area (Å²) in [7, 11) is 1.63. The monoisotopic (exact) mass is 221 g/mol. The maximum atomic E-state index is 11.7. The van der Waals surface area contributed by atoms with Crippen LogP contribution < -0.4 is 10.6 Å². The second kappa shape index (κ2) is 4.34. The smallest absolute Gasteiger partial charge is 0.255 e. The number of guanidine groups is 1. The molecule has 86 valence electrons. The average Bonchev–Trinajstić information content (AvgIpc) is 2.85. The summed E-state index contributed by atoms with van der Waals surface area (Å²) in [5.41, 5.74) is 0.873. The van der Waals surface area contributed by atoms with Gasteiger partial charge in [0.1, 0.15) is 0 Å². The van der Waals surface area contributed by atoms with Gasteiger partial charge in [-0.25, -0.2) is 4.98 Å². The van der Waals surface area contributed by atoms with E-state index in [-0.39, 0.29) is 11.9 Å². The number of aliphatic imine (C=N–C) groups is 1. The van der Waals surface area contributed by atoms with Crippen LogP contribution in [0, 0.1) is 0 Å². The number of carbonyl (C=O) groups excluding carboxylic acids is 1. The van der Waals surface area contributed by atoms with Gasteiger partial charge in [-0.3, -0.25) is 15.1 Å². The number of aryl methyl sites for hydroxylation is 1. The minimum atomic E-state index is -0.382. The van der Waals surface area contributed by atoms with Crippen molar-refractivity contribution >= 4 is 11.9 Å². The van der Waals surface area contributed by atoms with E-state index in [2.05, 4.69) is 27.5 Å². The van der Waals surface area contributed by atoms with Crippen LogP contribution in [-0.2, 0) is 11.3 Å². The van der Waals surface area contributed by atoms with E-state index < -0.39 is 0 Å². The zero-order chi connectivity index (χ0) is 11.5. The van der Waals surface area contributed by atoms with E-state index in [1.165, 1.54) is 0 Å². The van der Waals surface area contributed by atoms with Gasteiger partial charge in [0.2, 0.25) is 0 Å². The van der Waals surface area contributed by atoms with Crippen molar-refractivity contribution in [3.8, 4) is 0 Å². The molecule has 2 N–H and O–H groups in total. The van der Waals surface area contributed by atoms with Crippen LogP contribution in [-0.4, -0.2) is 28.5 Å². The standard InChI is InChI=1S/C10H15N5O/c1-3-4-15-6-12-5-7(15)8-9(16)14-10(11-2)13-8/h5-6,8H,3-4H2,1-2H3,(H2,11,13,14,16). The number of nitrogens with one attached hydrogen (secondary N) is 2. The Balaban J connectivity index is 2.24. The van der Waals surface area contributed by atoms with E-state index in [1.807, 2.05) is 4.57 Å². The van der Waals surface area contributed by atoms with Crippen LogP contribution in [0.25, 0.3) is 0 Å². The zero-order valence-corrected chi connectivity index (χ0v) is 9.40. The Bertz CT molecular complexity index is 423. The molecule has 1 aliphatic heterocycles. The van der Waals surface area contributed by atoms with Crippen LogP contribution in [0.5, 0.6) is 0 Å². The normalized spacial score (nSPS) is 22.2. The SMILES string of the molecule is CCCn1cncc1C1NC(=NC)NC1=O. The summed E-state index contributed by atoms with van der Waals surface area (Å²) in [6.07, 6.45) is 4.47. The highest BCUT2D eigenvalue weighted by Gasteiger charge is 2.31. The summed E-state index contributed by atoms with van der Waals surface area (Å²) >= 11 is 0. The third kappa shape index (κ3) is 1.78. The van der Waals surface area contributed by atoms with Crippen LogP contribution in [0.3, 0.4) is 0 Å². The summed E-state index contributed by atoms with van der Waals surface area (Å²) in [5, 5.41) is 5.69. The summed E-state index contributed by atoms with van der Waals surface area (Å²) in [5.74, 6) is 0.428. The lowest BCUT2D eigenvalue weighted by Gasteiger charge is -2.10. The van der Waals surface area contributed by atoms with Crippen molar-refractivity contribution < 1.29 is 4.79 Å². The second-order valence-corrected chi connectivity index (χ2v) is 3.65. The minimum Gasteiger partial charge on any atom is -0.339 e. The van der Waals surface area contributed by atoms with Crippen LogP contribution >= 0.6 is 0 Å². The summed E-state index contributed by atoms with van der Waals surface area (Å²) in [6, 6.07) is -0.382. The van der Waals surface area contributed by atoms with Crippen LogP contribution in [0.15, 0.2) is 17.5 Å². The number of hydrogen-bond acceptors (Lipinski definition) is 3. The molecule has 0 saturated carbocycles. The van der Waals surface area contributed by atoms with Gasteiger partial charge < -0.3 is 9.88 Å². The van der Waals surface area contributed by atoms with Gasteiger partial charge in [-0.05, 0) is 6.42 Å². The molecule has 0 radical (unpaired) electrons. The molecule has 1 aliphatic rings. The summed E-state index contributed by atoms with van der Waals surface area (Å²) < 4.78 is 1.98. The highest BCUT2D eigenvalue weighted by molar-refractivity contribution is 6.06. The number of imidazole rings is 1. The maximum absolute atomic E-state index is 11.7. The molecule has 0 aromatic carbocycles. The van der Waals surface area contributed by atoms with Crippen LogP contribution in [0.1, 0.15) is 25.1 Å². The van der Waals surface area contributed by atoms with Crippen molar-refractivity contribution in [1.82, 2.24) is 20.2 Å². The molecule has 2 rings (SSSR count). The van der Waals surface area contributed by atoms with Crippen LogP contribution in [0.2, 0.25) is 0 Å². The Morgan fingerprint density at radius 3 is 3.06 bits per heavy atom. The molecular formula is C10H15N5O. The molecule has 1 aromatic rings. The number of aromatic nitrogens is 2. The Kier molecular flexibility index (Phi) is 2.89. The Morgan fingerprint density at radius 2 is 2.44 bits per heavy atom. The first-order valence-corrected chi connectivity index (χ1v) is 5.30. The molecule has 1 saturated heterocycles. The molecule has 0 aliphatic carbocycles. The number of hydrogen-bond donors (Lipinski definition) is 2. The molecule has 1 fully saturated rings. The van der Waals surface area contributed by atoms with Gasteiger partial charge in [0.15, 0.2) is 12.0 Å². The predicted molar refractivity (Wildman–Crippen MR) is 59.9 cm³/mol. The van der Waals surface area contributed by atoms with Crippen molar-refractivity contribution in [2.45, 2.75) is 25.9 Å². The van der Waals surface area contributed by atoms with Crippen molar-refractivity contribution in [1.29, 1.82) is 0 Å². The summed E-state index contributed by atoms with van der Waals surface area (Å²) in [4.78, 5) is 19.7. The summed E-state index contributed by atoms with van der Waals surface area (Å²) in [6.45, 7) is 2.95. The van der Waals surface area contributed by atoms with Crippen LogP contribution in [0.4, 0.5) is 0 Å². The molecule has 6 nitrogen and oxygen atoms in total. The van der Waals surface area contributed by atoms with Gasteiger partial charge in [0, 0.05) is 13.6 Å². The van der Waals surface area contributed by atoms with E-state index >= 15 is 0 Å². The first-order valence-electron chi connectivity index (χ1n) is 5.30. The number of rotatable bonds is 3. The van der Waals surface area contributed by atoms with Gasteiger partial charge >= 0.3 is 0 Å². The molecule has 0 bridgehead atoms. The quantitative estimate of drug-likeness (QED) is 0.757. The second-order valence-electron chi connectivity index (χ2n) is 3.65. The van der Waals surface area contributed by atoms with E-state index in [1.54, 1.807) is 19.6 Å². The lowest BCUT2D eigenvalue weighted by atomic mass is 10.2. The average molecular weight is 221 g/mol. The fourth-order valence-electron chi connectivity index (χ4n) is 1.76. The van der Waals surface area contributed by atoms with Gasteiger partial charge in [-0.1, -0.05) is 6.92 Å². The highest BCUT2D eigenvalue weighted by Crippen LogP contribution is 2.16. The lowest BCUT2D eigenvalue weighted by molar-refractivity contribution is -0.120. The van der Waals surface area contributed by atoms with E-state index in [9.17, 15) is 4.79 Å². The van der Waals surface area contributed by atoms with Gasteiger partial charge in [-0.15, -0.1) is 0 Å². The molecule has 6 heteroatoms. The zero-order valence-electron chi connectivity index (χ0n) is 9.40. The molecular weight excluding hydrogens is 206 g/mol. The largest absolute Gasteiger partial charge is 0.339 e. The fraction of sp³-hybridized carbons (Fsp3) is 0.500. The van der Waals surface area contributed by atoms with Crippen molar-refractivity contribution in [3.05, 3.63) is 18.2 Å². The molecule has 0 spiro atoms. The molecule has 16 heavy (non-hydrogen) atoms. The Morgan fingerprint density at radius 1 is 1.62 bits per heavy atom. The Labute approximate surface area is 93.8 Å². The Hall–Kier alpha value is -1.85. The van der Waals surface area contributed by atoms with Gasteiger partial charge in [-0.2, -0.15) is 0 Å². The topological polar surface area (TPSA) is 71.3 Å². The maximum Gasteiger partial charge on any atom is 0.255 e. The number of carbonyl (C=O) groups is 1. The minimum absolute atomic E-state index is 0.0848. The first kappa shape index (κ1) is 10.7. The van der Waals surface area contributed by atoms with Gasteiger partial charge in [0.05, 0.1) is 18.2 Å². The van der Waals surface area contributed by atoms with E-state index in [0.717, 1.165) is 18.7 Å². The third-order valence-corrected chi connectivity index (χ3v) is 2.51. The molecule has 1 unspecified atom stereocenters. The first-order chi connectivity index (χ1) is 7.76. The molecule has 2 heterocycles. The van der Waals surface area contributed by atoms with Crippen molar-refractivity contribution in [2.75, 3.05) is 7.05 Å².